The molecule has 0 unspecified atom stereocenters. The van der Waals surface area contributed by atoms with E-state index < -0.39 is 12.1 Å². The first kappa shape index (κ1) is 19.8. The predicted molar refractivity (Wildman–Crippen MR) is 106 cm³/mol. The van der Waals surface area contributed by atoms with Gasteiger partial charge in [-0.2, -0.15) is 0 Å². The summed E-state index contributed by atoms with van der Waals surface area (Å²) >= 11 is 0. The number of carbonyl (C=O) groups is 2. The summed E-state index contributed by atoms with van der Waals surface area (Å²) in [6.45, 7) is 5.23. The molecule has 1 aliphatic heterocycles. The normalized spacial score (nSPS) is 15.7. The molecule has 0 saturated carbocycles. The summed E-state index contributed by atoms with van der Waals surface area (Å²) in [5, 5.41) is 5.06. The first-order chi connectivity index (χ1) is 13.6. The quantitative estimate of drug-likeness (QED) is 0.723. The molecular weight excluding hydrogens is 359 g/mol. The Kier molecular flexibility index (Phi) is 6.60. The molecule has 3 N–H and O–H groups in total. The van der Waals surface area contributed by atoms with Gasteiger partial charge in [0.1, 0.15) is 5.82 Å². The third-order valence-electron chi connectivity index (χ3n) is 4.97. The first-order valence-electron chi connectivity index (χ1n) is 9.57. The standard InChI is InChI=1S/C21H25FN4O2/c1-2-23-21(28)24-20(27)19(16-6-4-3-5-7-16)26-14-12-25(13-15-26)18-10-8-17(22)9-11-18/h3-11,19H,2,12-15H2,1H3,(H2,23,24,27,28)/p+1/t19-/m1/s1. The summed E-state index contributed by atoms with van der Waals surface area (Å²) < 4.78 is 13.2. The second-order valence-electron chi connectivity index (χ2n) is 6.81. The maximum Gasteiger partial charge on any atom is 0.321 e. The Morgan fingerprint density at radius 3 is 2.32 bits per heavy atom. The number of quaternary nitrogens is 1. The smallest absolute Gasteiger partial charge is 0.321 e. The number of nitrogens with one attached hydrogen (secondary N) is 3. The number of urea groups is 1. The van der Waals surface area contributed by atoms with Gasteiger partial charge in [-0.3, -0.25) is 10.1 Å². The zero-order chi connectivity index (χ0) is 19.9. The van der Waals surface area contributed by atoms with Gasteiger partial charge in [-0.15, -0.1) is 0 Å². The third-order valence-corrected chi connectivity index (χ3v) is 4.97. The lowest BCUT2D eigenvalue weighted by atomic mass is 10.0. The minimum atomic E-state index is -0.474. The Balaban J connectivity index is 1.71. The van der Waals surface area contributed by atoms with Crippen molar-refractivity contribution in [3.05, 3.63) is 66.0 Å². The first-order valence-corrected chi connectivity index (χ1v) is 9.57. The molecule has 6 nitrogen and oxygen atoms in total. The Bertz CT molecular complexity index is 790. The van der Waals surface area contributed by atoms with E-state index >= 15 is 0 Å². The fraction of sp³-hybridized carbons (Fsp3) is 0.333. The molecular formula is C21H26FN4O2+. The van der Waals surface area contributed by atoms with Crippen molar-refractivity contribution in [3.63, 3.8) is 0 Å². The molecule has 1 aliphatic rings. The summed E-state index contributed by atoms with van der Waals surface area (Å²) in [5.74, 6) is -0.554. The average Bonchev–Trinajstić information content (AvgIpc) is 2.70. The fourth-order valence-corrected chi connectivity index (χ4v) is 3.60. The summed E-state index contributed by atoms with van der Waals surface area (Å²) in [6.07, 6.45) is 0. The van der Waals surface area contributed by atoms with Crippen molar-refractivity contribution in [1.29, 1.82) is 0 Å². The molecule has 3 amide bonds. The molecule has 2 aromatic rings. The average molecular weight is 385 g/mol. The Hall–Kier alpha value is -2.93. The van der Waals surface area contributed by atoms with Crippen LogP contribution in [-0.4, -0.2) is 44.7 Å². The van der Waals surface area contributed by atoms with E-state index in [0.29, 0.717) is 6.54 Å². The van der Waals surface area contributed by atoms with Crippen LogP contribution < -0.4 is 20.4 Å². The van der Waals surface area contributed by atoms with Gasteiger partial charge in [-0.05, 0) is 31.2 Å². The monoisotopic (exact) mass is 385 g/mol. The predicted octanol–water partition coefficient (Wildman–Crippen LogP) is 1.12. The lowest BCUT2D eigenvalue weighted by Gasteiger charge is -2.37. The van der Waals surface area contributed by atoms with Gasteiger partial charge in [0.25, 0.3) is 5.91 Å². The van der Waals surface area contributed by atoms with E-state index in [2.05, 4.69) is 15.5 Å². The van der Waals surface area contributed by atoms with Gasteiger partial charge in [0, 0.05) is 17.8 Å². The Morgan fingerprint density at radius 1 is 1.07 bits per heavy atom. The van der Waals surface area contributed by atoms with E-state index in [1.165, 1.54) is 12.1 Å². The number of hydrogen-bond acceptors (Lipinski definition) is 3. The third kappa shape index (κ3) is 4.86. The highest BCUT2D eigenvalue weighted by Crippen LogP contribution is 2.16. The molecule has 0 aliphatic carbocycles. The number of nitrogens with zero attached hydrogens (tertiary/aromatic N) is 1. The molecule has 1 fully saturated rings. The van der Waals surface area contributed by atoms with Crippen LogP contribution in [0.3, 0.4) is 0 Å². The van der Waals surface area contributed by atoms with Crippen LogP contribution in [0.25, 0.3) is 0 Å². The van der Waals surface area contributed by atoms with Gasteiger partial charge in [-0.1, -0.05) is 30.3 Å². The number of benzene rings is 2. The lowest BCUT2D eigenvalue weighted by Crippen LogP contribution is -3.16. The van der Waals surface area contributed by atoms with E-state index in [1.54, 1.807) is 19.1 Å². The topological polar surface area (TPSA) is 65.9 Å². The number of piperazine rings is 1. The van der Waals surface area contributed by atoms with Gasteiger partial charge in [0.05, 0.1) is 26.2 Å². The van der Waals surface area contributed by atoms with Crippen LogP contribution in [0, 0.1) is 5.82 Å². The number of carbonyl (C=O) groups excluding carboxylic acids is 2. The fourth-order valence-electron chi connectivity index (χ4n) is 3.60. The molecule has 7 heteroatoms. The van der Waals surface area contributed by atoms with E-state index in [-0.39, 0.29) is 11.7 Å². The Morgan fingerprint density at radius 2 is 1.71 bits per heavy atom. The van der Waals surface area contributed by atoms with Crippen LogP contribution in [0.5, 0.6) is 0 Å². The number of imide groups is 1. The molecule has 2 aromatic carbocycles. The molecule has 148 valence electrons. The SMILES string of the molecule is CCNC(=O)NC(=O)[C@@H](c1ccccc1)[NH+]1CCN(c2ccc(F)cc2)CC1. The molecule has 1 heterocycles. The number of hydrogen-bond donors (Lipinski definition) is 3. The van der Waals surface area contributed by atoms with Crippen LogP contribution in [0.1, 0.15) is 18.5 Å². The van der Waals surface area contributed by atoms with Crippen molar-refractivity contribution in [2.75, 3.05) is 37.6 Å². The number of rotatable bonds is 5. The maximum absolute atomic E-state index is 13.2. The van der Waals surface area contributed by atoms with Gasteiger partial charge in [0.15, 0.2) is 6.04 Å². The van der Waals surface area contributed by atoms with E-state index in [4.69, 9.17) is 0 Å². The van der Waals surface area contributed by atoms with Crippen LogP contribution in [0.2, 0.25) is 0 Å². The maximum atomic E-state index is 13.2. The second kappa shape index (κ2) is 9.32. The van der Waals surface area contributed by atoms with E-state index in [9.17, 15) is 14.0 Å². The molecule has 0 radical (unpaired) electrons. The number of amides is 3. The van der Waals surface area contributed by atoms with Crippen molar-refractivity contribution < 1.29 is 18.9 Å². The van der Waals surface area contributed by atoms with Crippen molar-refractivity contribution in [2.24, 2.45) is 0 Å². The van der Waals surface area contributed by atoms with Gasteiger partial charge < -0.3 is 15.1 Å². The van der Waals surface area contributed by atoms with Crippen molar-refractivity contribution in [3.8, 4) is 0 Å². The minimum absolute atomic E-state index is 0.251. The van der Waals surface area contributed by atoms with Crippen LogP contribution in [0.15, 0.2) is 54.6 Å². The van der Waals surface area contributed by atoms with Gasteiger partial charge >= 0.3 is 6.03 Å². The highest BCUT2D eigenvalue weighted by atomic mass is 19.1. The van der Waals surface area contributed by atoms with E-state index in [0.717, 1.165) is 42.3 Å². The highest BCUT2D eigenvalue weighted by molar-refractivity contribution is 5.96. The van der Waals surface area contributed by atoms with Crippen LogP contribution in [-0.2, 0) is 4.79 Å². The summed E-state index contributed by atoms with van der Waals surface area (Å²) in [6, 6.07) is 15.1. The minimum Gasteiger partial charge on any atom is -0.360 e. The highest BCUT2D eigenvalue weighted by Gasteiger charge is 2.35. The molecule has 0 bridgehead atoms. The molecule has 0 aromatic heterocycles. The summed E-state index contributed by atoms with van der Waals surface area (Å²) in [4.78, 5) is 28.0. The lowest BCUT2D eigenvalue weighted by molar-refractivity contribution is -0.922. The molecule has 28 heavy (non-hydrogen) atoms. The molecule has 1 saturated heterocycles. The molecule has 1 atom stereocenters. The van der Waals surface area contributed by atoms with E-state index in [1.807, 2.05) is 30.3 Å². The van der Waals surface area contributed by atoms with Crippen molar-refractivity contribution in [1.82, 2.24) is 10.6 Å². The second-order valence-corrected chi connectivity index (χ2v) is 6.81. The van der Waals surface area contributed by atoms with Crippen molar-refractivity contribution in [2.45, 2.75) is 13.0 Å². The molecule has 3 rings (SSSR count). The zero-order valence-corrected chi connectivity index (χ0v) is 16.0. The van der Waals surface area contributed by atoms with Crippen LogP contribution >= 0.6 is 0 Å². The van der Waals surface area contributed by atoms with Gasteiger partial charge in [-0.25, -0.2) is 9.18 Å². The number of anilines is 1. The summed E-state index contributed by atoms with van der Waals surface area (Å²) in [5.41, 5.74) is 1.86. The number of halogens is 1. The van der Waals surface area contributed by atoms with Crippen LogP contribution in [0.4, 0.5) is 14.9 Å². The van der Waals surface area contributed by atoms with Gasteiger partial charge in [0.2, 0.25) is 0 Å². The largest absolute Gasteiger partial charge is 0.360 e. The molecule has 0 spiro atoms. The Labute approximate surface area is 164 Å². The van der Waals surface area contributed by atoms with Crippen molar-refractivity contribution >= 4 is 17.6 Å². The zero-order valence-electron chi connectivity index (χ0n) is 16.0. The summed E-state index contributed by atoms with van der Waals surface area (Å²) in [7, 11) is 0.